The molecule has 0 radical (unpaired) electrons. The van der Waals surface area contributed by atoms with E-state index >= 15 is 0 Å². The third-order valence-corrected chi connectivity index (χ3v) is 6.20. The fraction of sp³-hybridized carbons (Fsp3) is 0.867. The zero-order valence-electron chi connectivity index (χ0n) is 10.7. The van der Waals surface area contributed by atoms with Gasteiger partial charge in [0.15, 0.2) is 0 Å². The highest BCUT2D eigenvalue weighted by atomic mass is 14.8. The van der Waals surface area contributed by atoms with Crippen LogP contribution in [-0.2, 0) is 0 Å². The molecule has 2 saturated carbocycles. The largest absolute Gasteiger partial charge is 0.0847 e. The van der Waals surface area contributed by atoms with E-state index in [4.69, 9.17) is 0 Å². The molecular weight excluding hydrogens is 180 g/mol. The van der Waals surface area contributed by atoms with Crippen molar-refractivity contribution in [1.82, 2.24) is 0 Å². The van der Waals surface area contributed by atoms with Gasteiger partial charge in [-0.3, -0.25) is 0 Å². The summed E-state index contributed by atoms with van der Waals surface area (Å²) in [6.07, 6.45) is 9.74. The summed E-state index contributed by atoms with van der Waals surface area (Å²) in [6, 6.07) is 0. The van der Waals surface area contributed by atoms with Gasteiger partial charge in [-0.1, -0.05) is 38.8 Å². The number of allylic oxidation sites excluding steroid dienone is 2. The molecule has 0 heteroatoms. The van der Waals surface area contributed by atoms with E-state index < -0.39 is 0 Å². The molecule has 0 amide bonds. The van der Waals surface area contributed by atoms with E-state index in [-0.39, 0.29) is 0 Å². The normalized spacial score (nSPS) is 51.5. The highest BCUT2D eigenvalue weighted by molar-refractivity contribution is 5.33. The van der Waals surface area contributed by atoms with Crippen LogP contribution in [0.1, 0.15) is 59.8 Å². The monoisotopic (exact) mass is 204 g/mol. The molecule has 0 heterocycles. The Bertz CT molecular complexity index is 336. The van der Waals surface area contributed by atoms with Crippen LogP contribution in [0, 0.1) is 22.2 Å². The lowest BCUT2D eigenvalue weighted by atomic mass is 9.50. The molecule has 0 saturated heterocycles. The lowest BCUT2D eigenvalue weighted by Crippen LogP contribution is -2.46. The van der Waals surface area contributed by atoms with Crippen LogP contribution < -0.4 is 0 Å². The summed E-state index contributed by atoms with van der Waals surface area (Å²) >= 11 is 0. The van der Waals surface area contributed by atoms with E-state index in [0.29, 0.717) is 16.2 Å². The van der Waals surface area contributed by atoms with Crippen molar-refractivity contribution >= 4 is 0 Å². The second kappa shape index (κ2) is 2.52. The molecule has 1 spiro atoms. The molecule has 0 aliphatic heterocycles. The summed E-state index contributed by atoms with van der Waals surface area (Å²) < 4.78 is 0. The lowest BCUT2D eigenvalue weighted by molar-refractivity contribution is -0.0346. The van der Waals surface area contributed by atoms with Crippen LogP contribution in [0.3, 0.4) is 0 Å². The van der Waals surface area contributed by atoms with Gasteiger partial charge in [0.05, 0.1) is 0 Å². The zero-order valence-corrected chi connectivity index (χ0v) is 10.7. The minimum Gasteiger partial charge on any atom is -0.0847 e. The Morgan fingerprint density at radius 1 is 1.20 bits per heavy atom. The Labute approximate surface area is 94.1 Å². The van der Waals surface area contributed by atoms with Crippen molar-refractivity contribution in [1.29, 1.82) is 0 Å². The maximum atomic E-state index is 2.57. The molecule has 3 aliphatic rings. The van der Waals surface area contributed by atoms with E-state index in [2.05, 4.69) is 33.8 Å². The van der Waals surface area contributed by atoms with Crippen molar-refractivity contribution in [2.45, 2.75) is 59.8 Å². The fourth-order valence-electron chi connectivity index (χ4n) is 5.22. The molecule has 0 unspecified atom stereocenters. The smallest absolute Gasteiger partial charge is 0.0118 e. The maximum absolute atomic E-state index is 2.57. The van der Waals surface area contributed by atoms with Crippen molar-refractivity contribution in [3.63, 3.8) is 0 Å². The molecule has 15 heavy (non-hydrogen) atoms. The molecule has 0 N–H and O–H groups in total. The lowest BCUT2D eigenvalue weighted by Gasteiger charge is -2.54. The molecule has 3 rings (SSSR count). The Morgan fingerprint density at radius 3 is 2.67 bits per heavy atom. The van der Waals surface area contributed by atoms with Gasteiger partial charge < -0.3 is 0 Å². The average molecular weight is 204 g/mol. The van der Waals surface area contributed by atoms with Gasteiger partial charge in [-0.2, -0.15) is 0 Å². The van der Waals surface area contributed by atoms with Gasteiger partial charge in [-0.25, -0.2) is 0 Å². The van der Waals surface area contributed by atoms with Gasteiger partial charge in [0, 0.05) is 0 Å². The van der Waals surface area contributed by atoms with E-state index in [1.54, 1.807) is 5.57 Å². The first-order valence-electron chi connectivity index (χ1n) is 6.60. The van der Waals surface area contributed by atoms with Gasteiger partial charge in [-0.05, 0) is 54.8 Å². The summed E-state index contributed by atoms with van der Waals surface area (Å²) in [7, 11) is 0. The highest BCUT2D eigenvalue weighted by Gasteiger charge is 2.72. The van der Waals surface area contributed by atoms with Crippen molar-refractivity contribution in [3.05, 3.63) is 11.6 Å². The first kappa shape index (κ1) is 9.93. The van der Waals surface area contributed by atoms with Crippen LogP contribution in [0.4, 0.5) is 0 Å². The predicted molar refractivity (Wildman–Crippen MR) is 64.7 cm³/mol. The topological polar surface area (TPSA) is 0 Å². The summed E-state index contributed by atoms with van der Waals surface area (Å²) in [5.41, 5.74) is 3.58. The summed E-state index contributed by atoms with van der Waals surface area (Å²) in [5.74, 6) is 0.937. The minimum absolute atomic E-state index is 0.584. The van der Waals surface area contributed by atoms with E-state index in [1.165, 1.54) is 32.1 Å². The van der Waals surface area contributed by atoms with Gasteiger partial charge >= 0.3 is 0 Å². The summed E-state index contributed by atoms with van der Waals surface area (Å²) in [5, 5.41) is 0. The molecule has 0 bridgehead atoms. The average Bonchev–Trinajstić information content (AvgIpc) is 2.88. The van der Waals surface area contributed by atoms with Gasteiger partial charge in [0.1, 0.15) is 0 Å². The van der Waals surface area contributed by atoms with Gasteiger partial charge in [-0.15, -0.1) is 0 Å². The first-order chi connectivity index (χ1) is 6.93. The number of rotatable bonds is 0. The van der Waals surface area contributed by atoms with Crippen LogP contribution >= 0.6 is 0 Å². The third kappa shape index (κ3) is 0.946. The quantitative estimate of drug-likeness (QED) is 0.507. The number of hydrogen-bond donors (Lipinski definition) is 0. The Balaban J connectivity index is 2.10. The predicted octanol–water partition coefficient (Wildman–Crippen LogP) is 4.56. The molecule has 2 fully saturated rings. The second-order valence-electron chi connectivity index (χ2n) is 7.18. The van der Waals surface area contributed by atoms with Crippen molar-refractivity contribution in [3.8, 4) is 0 Å². The molecule has 0 aromatic rings. The first-order valence-corrected chi connectivity index (χ1v) is 6.60. The van der Waals surface area contributed by atoms with Crippen LogP contribution in [0.25, 0.3) is 0 Å². The van der Waals surface area contributed by atoms with Crippen LogP contribution in [-0.4, -0.2) is 0 Å². The van der Waals surface area contributed by atoms with Crippen molar-refractivity contribution < 1.29 is 0 Å². The van der Waals surface area contributed by atoms with Crippen LogP contribution in [0.2, 0.25) is 0 Å². The van der Waals surface area contributed by atoms with E-state index in [0.717, 1.165) is 5.92 Å². The Morgan fingerprint density at radius 2 is 1.93 bits per heavy atom. The maximum Gasteiger partial charge on any atom is -0.0118 e. The van der Waals surface area contributed by atoms with E-state index in [1.807, 2.05) is 0 Å². The SMILES string of the molecule is CC1=CC[C@]2(C)CCCC(C)(C)[C@@]23C[C@H]13. The standard InChI is InChI=1S/C15H24/c1-11-6-9-14(4)8-5-7-13(2,3)15(14)10-12(11)15/h6,12H,5,7-10H2,1-4H3/t12-,14+,15+/m1/s1. The highest BCUT2D eigenvalue weighted by Crippen LogP contribution is 2.80. The summed E-state index contributed by atoms with van der Waals surface area (Å²) in [4.78, 5) is 0. The second-order valence-corrected chi connectivity index (χ2v) is 7.18. The van der Waals surface area contributed by atoms with Gasteiger partial charge in [0.2, 0.25) is 0 Å². The molecule has 3 aliphatic carbocycles. The molecule has 0 aromatic heterocycles. The van der Waals surface area contributed by atoms with Crippen LogP contribution in [0.15, 0.2) is 11.6 Å². The molecule has 3 atom stereocenters. The van der Waals surface area contributed by atoms with Gasteiger partial charge in [0.25, 0.3) is 0 Å². The van der Waals surface area contributed by atoms with Crippen molar-refractivity contribution in [2.75, 3.05) is 0 Å². The Hall–Kier alpha value is -0.260. The number of hydrogen-bond acceptors (Lipinski definition) is 0. The Kier molecular flexibility index (Phi) is 1.67. The molecule has 0 aromatic carbocycles. The molecular formula is C15H24. The zero-order chi connectivity index (χ0) is 10.9. The molecule has 84 valence electrons. The van der Waals surface area contributed by atoms with Crippen molar-refractivity contribution in [2.24, 2.45) is 22.2 Å². The summed E-state index contributed by atoms with van der Waals surface area (Å²) in [6.45, 7) is 9.99. The fourth-order valence-corrected chi connectivity index (χ4v) is 5.22. The van der Waals surface area contributed by atoms with E-state index in [9.17, 15) is 0 Å². The minimum atomic E-state index is 0.584. The molecule has 0 nitrogen and oxygen atoms in total. The third-order valence-electron chi connectivity index (χ3n) is 6.20. The van der Waals surface area contributed by atoms with Crippen LogP contribution in [0.5, 0.6) is 0 Å².